The van der Waals surface area contributed by atoms with E-state index in [0.717, 1.165) is 24.5 Å². The van der Waals surface area contributed by atoms with Gasteiger partial charge in [0.15, 0.2) is 5.03 Å². The van der Waals surface area contributed by atoms with Crippen LogP contribution in [-0.2, 0) is 14.8 Å². The van der Waals surface area contributed by atoms with Crippen molar-refractivity contribution >= 4 is 21.6 Å². The van der Waals surface area contributed by atoms with E-state index in [1.807, 2.05) is 43.0 Å². The smallest absolute Gasteiger partial charge is 0.262 e. The number of piperidine rings is 1. The summed E-state index contributed by atoms with van der Waals surface area (Å²) in [5.41, 5.74) is 1.11. The van der Waals surface area contributed by atoms with Gasteiger partial charge in [0.1, 0.15) is 5.75 Å². The highest BCUT2D eigenvalue weighted by molar-refractivity contribution is 7.89. The fourth-order valence-electron chi connectivity index (χ4n) is 4.46. The molecule has 180 valence electrons. The Morgan fingerprint density at radius 1 is 1.09 bits per heavy atom. The van der Waals surface area contributed by atoms with E-state index in [2.05, 4.69) is 9.88 Å². The van der Waals surface area contributed by atoms with Crippen LogP contribution in [0.2, 0.25) is 0 Å². The predicted molar refractivity (Wildman–Crippen MR) is 126 cm³/mol. The number of amides is 1. The first-order valence-corrected chi connectivity index (χ1v) is 12.9. The zero-order chi connectivity index (χ0) is 23.6. The first kappa shape index (κ1) is 23.6. The van der Waals surface area contributed by atoms with E-state index in [4.69, 9.17) is 4.74 Å². The zero-order valence-corrected chi connectivity index (χ0v) is 20.4. The van der Waals surface area contributed by atoms with Crippen LogP contribution in [0.4, 0.5) is 5.69 Å². The Balaban J connectivity index is 1.36. The van der Waals surface area contributed by atoms with Crippen LogP contribution < -0.4 is 9.64 Å². The minimum atomic E-state index is -3.71. The highest BCUT2D eigenvalue weighted by Gasteiger charge is 2.36. The Hall–Kier alpha value is -2.59. The van der Waals surface area contributed by atoms with Gasteiger partial charge in [0.25, 0.3) is 10.0 Å². The van der Waals surface area contributed by atoms with E-state index in [1.54, 1.807) is 24.2 Å². The third-order valence-corrected chi connectivity index (χ3v) is 8.29. The van der Waals surface area contributed by atoms with Gasteiger partial charge >= 0.3 is 0 Å². The van der Waals surface area contributed by atoms with Crippen LogP contribution in [0.25, 0.3) is 0 Å². The van der Waals surface area contributed by atoms with Gasteiger partial charge in [-0.2, -0.15) is 4.31 Å². The molecule has 2 aromatic rings. The van der Waals surface area contributed by atoms with Gasteiger partial charge in [0.05, 0.1) is 19.4 Å². The van der Waals surface area contributed by atoms with Gasteiger partial charge in [-0.05, 0) is 51.0 Å². The molecule has 0 N–H and O–H groups in total. The number of hydrogen-bond donors (Lipinski definition) is 0. The van der Waals surface area contributed by atoms with Crippen LogP contribution in [0, 0.1) is 5.92 Å². The molecule has 2 aliphatic heterocycles. The monoisotopic (exact) mass is 475 g/mol. The lowest BCUT2D eigenvalue weighted by Gasteiger charge is -2.39. The zero-order valence-electron chi connectivity index (χ0n) is 19.6. The highest BCUT2D eigenvalue weighted by atomic mass is 32.2. The number of nitrogens with zero attached hydrogens (tertiary/aromatic N) is 5. The van der Waals surface area contributed by atoms with Crippen molar-refractivity contribution in [2.24, 2.45) is 5.92 Å². The van der Waals surface area contributed by atoms with E-state index < -0.39 is 10.0 Å². The van der Waals surface area contributed by atoms with Gasteiger partial charge in [-0.1, -0.05) is 0 Å². The third-order valence-electron chi connectivity index (χ3n) is 6.54. The molecule has 0 saturated carbocycles. The molecule has 1 aromatic carbocycles. The normalized spacial score (nSPS) is 20.3. The van der Waals surface area contributed by atoms with Crippen LogP contribution in [0.1, 0.15) is 32.7 Å². The molecule has 2 saturated heterocycles. The van der Waals surface area contributed by atoms with Crippen molar-refractivity contribution in [3.05, 3.63) is 36.8 Å². The van der Waals surface area contributed by atoms with Gasteiger partial charge < -0.3 is 19.1 Å². The molecule has 33 heavy (non-hydrogen) atoms. The summed E-state index contributed by atoms with van der Waals surface area (Å²) in [6.07, 6.45) is 4.51. The number of sulfonamides is 1. The number of imidazole rings is 1. The molecule has 2 aliphatic rings. The summed E-state index contributed by atoms with van der Waals surface area (Å²) in [7, 11) is -2.06. The fraction of sp³-hybridized carbons (Fsp3) is 0.565. The van der Waals surface area contributed by atoms with Crippen LogP contribution in [0.15, 0.2) is 41.8 Å². The average Bonchev–Trinajstić information content (AvgIpc) is 3.36. The molecular formula is C23H33N5O4S. The van der Waals surface area contributed by atoms with Gasteiger partial charge in [-0.3, -0.25) is 4.79 Å². The van der Waals surface area contributed by atoms with Gasteiger partial charge in [-0.15, -0.1) is 0 Å². The summed E-state index contributed by atoms with van der Waals surface area (Å²) in [4.78, 5) is 21.5. The number of rotatable bonds is 6. The van der Waals surface area contributed by atoms with Crippen molar-refractivity contribution in [2.75, 3.05) is 51.3 Å². The molecule has 0 spiro atoms. The van der Waals surface area contributed by atoms with Gasteiger partial charge in [0, 0.05) is 57.2 Å². The minimum absolute atomic E-state index is 0.0528. The number of aromatic nitrogens is 2. The van der Waals surface area contributed by atoms with Gasteiger partial charge in [0.2, 0.25) is 5.91 Å². The number of carbonyl (C=O) groups excluding carboxylic acids is 1. The van der Waals surface area contributed by atoms with E-state index in [-0.39, 0.29) is 29.4 Å². The molecule has 1 aromatic heterocycles. The number of ether oxygens (including phenoxy) is 1. The van der Waals surface area contributed by atoms with Crippen LogP contribution in [0.3, 0.4) is 0 Å². The molecule has 1 amide bonds. The van der Waals surface area contributed by atoms with Crippen LogP contribution in [-0.4, -0.2) is 79.5 Å². The summed E-state index contributed by atoms with van der Waals surface area (Å²) in [5.74, 6) is 0.561. The van der Waals surface area contributed by atoms with Crippen molar-refractivity contribution in [3.8, 4) is 5.75 Å². The molecule has 10 heteroatoms. The number of carbonyl (C=O) groups is 1. The first-order chi connectivity index (χ1) is 15.8. The number of methoxy groups -OCH3 is 1. The minimum Gasteiger partial charge on any atom is -0.497 e. The topological polar surface area (TPSA) is 88.0 Å². The number of hydrogen-bond acceptors (Lipinski definition) is 6. The second-order valence-electron chi connectivity index (χ2n) is 8.97. The van der Waals surface area contributed by atoms with Crippen molar-refractivity contribution in [2.45, 2.75) is 37.8 Å². The lowest BCUT2D eigenvalue weighted by atomic mass is 9.97. The van der Waals surface area contributed by atoms with E-state index >= 15 is 0 Å². The Morgan fingerprint density at radius 2 is 1.79 bits per heavy atom. The Labute approximate surface area is 196 Å². The summed E-state index contributed by atoms with van der Waals surface area (Å²) in [6, 6.07) is 8.07. The van der Waals surface area contributed by atoms with E-state index in [9.17, 15) is 13.2 Å². The largest absolute Gasteiger partial charge is 0.497 e. The molecule has 4 rings (SSSR count). The molecule has 0 unspecified atom stereocenters. The molecular weight excluding hydrogens is 442 g/mol. The standard InChI is InChI=1S/C23H33N5O4S/c1-18(2)27-16-22(24-17-27)33(30,31)28-10-4-5-19(15-28)23(29)26-13-11-25(12-14-26)20-6-8-21(32-3)9-7-20/h6-9,16-19H,4-5,10-15H2,1-3H3/t19-/m0/s1. The number of benzene rings is 1. The molecule has 9 nitrogen and oxygen atoms in total. The number of anilines is 1. The highest BCUT2D eigenvalue weighted by Crippen LogP contribution is 2.26. The maximum absolute atomic E-state index is 13.2. The fourth-order valence-corrected chi connectivity index (χ4v) is 5.91. The summed E-state index contributed by atoms with van der Waals surface area (Å²) in [5, 5.41) is 0.0532. The van der Waals surface area contributed by atoms with Crippen LogP contribution >= 0.6 is 0 Å². The molecule has 0 bridgehead atoms. The quantitative estimate of drug-likeness (QED) is 0.637. The van der Waals surface area contributed by atoms with Crippen molar-refractivity contribution in [1.82, 2.24) is 18.8 Å². The lowest BCUT2D eigenvalue weighted by Crippen LogP contribution is -2.53. The Kier molecular flexibility index (Phi) is 6.94. The Bertz CT molecular complexity index is 1060. The predicted octanol–water partition coefficient (Wildman–Crippen LogP) is 2.22. The molecule has 3 heterocycles. The van der Waals surface area contributed by atoms with Crippen molar-refractivity contribution in [3.63, 3.8) is 0 Å². The van der Waals surface area contributed by atoms with E-state index in [1.165, 1.54) is 4.31 Å². The third kappa shape index (κ3) is 5.01. The molecule has 2 fully saturated rings. The lowest BCUT2D eigenvalue weighted by molar-refractivity contribution is -0.137. The first-order valence-electron chi connectivity index (χ1n) is 11.5. The second-order valence-corrected chi connectivity index (χ2v) is 10.9. The van der Waals surface area contributed by atoms with E-state index in [0.29, 0.717) is 32.5 Å². The van der Waals surface area contributed by atoms with Crippen LogP contribution in [0.5, 0.6) is 5.75 Å². The Morgan fingerprint density at radius 3 is 2.39 bits per heavy atom. The maximum Gasteiger partial charge on any atom is 0.262 e. The summed E-state index contributed by atoms with van der Waals surface area (Å²) >= 11 is 0. The second kappa shape index (κ2) is 9.72. The summed E-state index contributed by atoms with van der Waals surface area (Å²) in [6.45, 7) is 7.35. The summed E-state index contributed by atoms with van der Waals surface area (Å²) < 4.78 is 34.7. The average molecular weight is 476 g/mol. The van der Waals surface area contributed by atoms with Crippen molar-refractivity contribution < 1.29 is 17.9 Å². The SMILES string of the molecule is COc1ccc(N2CCN(C(=O)[C@H]3CCCN(S(=O)(=O)c4cn(C(C)C)cn4)C3)CC2)cc1. The number of piperazine rings is 1. The maximum atomic E-state index is 13.2. The molecule has 0 aliphatic carbocycles. The van der Waals surface area contributed by atoms with Gasteiger partial charge in [-0.25, -0.2) is 13.4 Å². The molecule has 1 atom stereocenters. The molecule has 0 radical (unpaired) electrons. The van der Waals surface area contributed by atoms with Crippen molar-refractivity contribution in [1.29, 1.82) is 0 Å².